The largest absolute Gasteiger partial charge is 0.278 e. The van der Waals surface area contributed by atoms with Gasteiger partial charge in [0.1, 0.15) is 0 Å². The summed E-state index contributed by atoms with van der Waals surface area (Å²) in [5.74, 6) is 2.14. The highest BCUT2D eigenvalue weighted by atomic mass is 16.2. The summed E-state index contributed by atoms with van der Waals surface area (Å²) in [5, 5.41) is 0. The molecule has 1 aliphatic heterocycles. The molecule has 1 aliphatic carbocycles. The molecular weight excluding hydrogens is 202 g/mol. The second-order valence-corrected chi connectivity index (χ2v) is 4.46. The Hall–Kier alpha value is -1.56. The van der Waals surface area contributed by atoms with E-state index in [-0.39, 0.29) is 29.7 Å². The molecule has 3 heteroatoms. The quantitative estimate of drug-likeness (QED) is 0.398. The van der Waals surface area contributed by atoms with Crippen LogP contribution in [0.1, 0.15) is 26.2 Å². The molecule has 0 spiro atoms. The van der Waals surface area contributed by atoms with E-state index in [0.29, 0.717) is 19.3 Å². The van der Waals surface area contributed by atoms with Gasteiger partial charge in [0, 0.05) is 12.5 Å². The predicted molar refractivity (Wildman–Crippen MR) is 60.1 cm³/mol. The Bertz CT molecular complexity index is 365. The van der Waals surface area contributed by atoms with Gasteiger partial charge in [-0.25, -0.2) is 0 Å². The highest BCUT2D eigenvalue weighted by Crippen LogP contribution is 2.36. The fraction of sp³-hybridized carbons (Fsp3) is 0.538. The van der Waals surface area contributed by atoms with Crippen molar-refractivity contribution in [1.82, 2.24) is 4.90 Å². The van der Waals surface area contributed by atoms with E-state index < -0.39 is 0 Å². The predicted octanol–water partition coefficient (Wildman–Crippen LogP) is 1.35. The summed E-state index contributed by atoms with van der Waals surface area (Å²) in [5.41, 5.74) is 0. The van der Waals surface area contributed by atoms with Crippen molar-refractivity contribution in [1.29, 1.82) is 0 Å². The molecule has 0 radical (unpaired) electrons. The number of allylic oxidation sites excluding steroid dienone is 2. The SMILES string of the molecule is C#CCC(C)N1C(=O)C2CC=CCC2C1=O. The number of terminal acetylenes is 1. The Balaban J connectivity index is 2.21. The summed E-state index contributed by atoms with van der Waals surface area (Å²) in [7, 11) is 0. The average Bonchev–Trinajstić information content (AvgIpc) is 2.53. The van der Waals surface area contributed by atoms with Crippen LogP contribution < -0.4 is 0 Å². The Morgan fingerprint density at radius 3 is 2.31 bits per heavy atom. The first-order valence-corrected chi connectivity index (χ1v) is 5.62. The topological polar surface area (TPSA) is 37.4 Å². The van der Waals surface area contributed by atoms with E-state index in [1.165, 1.54) is 4.90 Å². The molecule has 1 saturated heterocycles. The third-order valence-electron chi connectivity index (χ3n) is 3.40. The van der Waals surface area contributed by atoms with Crippen molar-refractivity contribution < 1.29 is 9.59 Å². The van der Waals surface area contributed by atoms with Gasteiger partial charge in [0.2, 0.25) is 11.8 Å². The van der Waals surface area contributed by atoms with Crippen LogP contribution in [0.3, 0.4) is 0 Å². The molecule has 0 aromatic heterocycles. The number of hydrogen-bond donors (Lipinski definition) is 0. The zero-order valence-electron chi connectivity index (χ0n) is 9.35. The first-order valence-electron chi connectivity index (χ1n) is 5.62. The maximum atomic E-state index is 12.1. The number of carbonyl (C=O) groups excluding carboxylic acids is 2. The fourth-order valence-electron chi connectivity index (χ4n) is 2.52. The normalized spacial score (nSPS) is 30.1. The van der Waals surface area contributed by atoms with Crippen LogP contribution >= 0.6 is 0 Å². The number of hydrogen-bond acceptors (Lipinski definition) is 2. The van der Waals surface area contributed by atoms with Crippen LogP contribution in [0.2, 0.25) is 0 Å². The van der Waals surface area contributed by atoms with Gasteiger partial charge in [0.25, 0.3) is 0 Å². The minimum absolute atomic E-state index is 0.0397. The third kappa shape index (κ3) is 1.55. The summed E-state index contributed by atoms with van der Waals surface area (Å²) in [4.78, 5) is 25.5. The number of likely N-dealkylation sites (tertiary alicyclic amines) is 1. The summed E-state index contributed by atoms with van der Waals surface area (Å²) >= 11 is 0. The standard InChI is InChI=1S/C13H15NO2/c1-3-6-9(2)14-12(15)10-7-4-5-8-11(10)13(14)16/h1,4-5,9-11H,6-8H2,2H3. The van der Waals surface area contributed by atoms with Gasteiger partial charge < -0.3 is 0 Å². The van der Waals surface area contributed by atoms with Gasteiger partial charge in [0.05, 0.1) is 11.8 Å². The number of fused-ring (bicyclic) bond motifs is 1. The lowest BCUT2D eigenvalue weighted by atomic mass is 9.85. The third-order valence-corrected chi connectivity index (χ3v) is 3.40. The summed E-state index contributed by atoms with van der Waals surface area (Å²) in [6.07, 6.45) is 11.0. The second-order valence-electron chi connectivity index (χ2n) is 4.46. The van der Waals surface area contributed by atoms with Crippen molar-refractivity contribution in [3.63, 3.8) is 0 Å². The molecule has 0 aromatic carbocycles. The van der Waals surface area contributed by atoms with E-state index in [0.717, 1.165) is 0 Å². The lowest BCUT2D eigenvalue weighted by molar-refractivity contribution is -0.142. The van der Waals surface area contributed by atoms with Crippen LogP contribution in [0.25, 0.3) is 0 Å². The molecule has 2 aliphatic rings. The second kappa shape index (κ2) is 4.13. The van der Waals surface area contributed by atoms with E-state index in [2.05, 4.69) is 5.92 Å². The highest BCUT2D eigenvalue weighted by molar-refractivity contribution is 6.05. The molecule has 0 aromatic rings. The van der Waals surface area contributed by atoms with Gasteiger partial charge in [-0.2, -0.15) is 0 Å². The van der Waals surface area contributed by atoms with Crippen molar-refractivity contribution in [3.8, 4) is 12.3 Å². The molecule has 0 N–H and O–H groups in total. The van der Waals surface area contributed by atoms with Gasteiger partial charge in [-0.3, -0.25) is 14.5 Å². The Labute approximate surface area is 95.5 Å². The molecule has 3 unspecified atom stereocenters. The smallest absolute Gasteiger partial charge is 0.233 e. The van der Waals surface area contributed by atoms with Crippen molar-refractivity contribution in [2.75, 3.05) is 0 Å². The molecule has 3 nitrogen and oxygen atoms in total. The molecule has 0 saturated carbocycles. The molecule has 1 heterocycles. The highest BCUT2D eigenvalue weighted by Gasteiger charge is 2.48. The summed E-state index contributed by atoms with van der Waals surface area (Å²) < 4.78 is 0. The van der Waals surface area contributed by atoms with Crippen molar-refractivity contribution in [2.24, 2.45) is 11.8 Å². The monoisotopic (exact) mass is 217 g/mol. The van der Waals surface area contributed by atoms with E-state index >= 15 is 0 Å². The van der Waals surface area contributed by atoms with Crippen LogP contribution in [0.15, 0.2) is 12.2 Å². The summed E-state index contributed by atoms with van der Waals surface area (Å²) in [6.45, 7) is 1.83. The first kappa shape index (κ1) is 10.9. The number of carbonyl (C=O) groups is 2. The van der Waals surface area contributed by atoms with E-state index in [4.69, 9.17) is 6.42 Å². The zero-order chi connectivity index (χ0) is 11.7. The van der Waals surface area contributed by atoms with Crippen LogP contribution in [-0.4, -0.2) is 22.8 Å². The van der Waals surface area contributed by atoms with Gasteiger partial charge in [-0.1, -0.05) is 12.2 Å². The van der Waals surface area contributed by atoms with Crippen molar-refractivity contribution >= 4 is 11.8 Å². The molecule has 84 valence electrons. The maximum absolute atomic E-state index is 12.1. The van der Waals surface area contributed by atoms with Crippen LogP contribution in [0, 0.1) is 24.2 Å². The van der Waals surface area contributed by atoms with Crippen LogP contribution in [-0.2, 0) is 9.59 Å². The summed E-state index contributed by atoms with van der Waals surface area (Å²) in [6, 6.07) is -0.171. The molecular formula is C13H15NO2. The minimum atomic E-state index is -0.171. The van der Waals surface area contributed by atoms with Gasteiger partial charge >= 0.3 is 0 Å². The van der Waals surface area contributed by atoms with E-state index in [1.807, 2.05) is 19.1 Å². The zero-order valence-corrected chi connectivity index (χ0v) is 9.35. The Kier molecular flexibility index (Phi) is 2.82. The molecule has 16 heavy (non-hydrogen) atoms. The molecule has 2 amide bonds. The number of nitrogens with zero attached hydrogens (tertiary/aromatic N) is 1. The van der Waals surface area contributed by atoms with Crippen molar-refractivity contribution in [2.45, 2.75) is 32.2 Å². The van der Waals surface area contributed by atoms with Gasteiger partial charge in [-0.05, 0) is 19.8 Å². The number of amides is 2. The lowest BCUT2D eigenvalue weighted by Gasteiger charge is -2.21. The lowest BCUT2D eigenvalue weighted by Crippen LogP contribution is -2.38. The van der Waals surface area contributed by atoms with Crippen LogP contribution in [0.5, 0.6) is 0 Å². The van der Waals surface area contributed by atoms with E-state index in [1.54, 1.807) is 0 Å². The van der Waals surface area contributed by atoms with E-state index in [9.17, 15) is 9.59 Å². The van der Waals surface area contributed by atoms with Crippen LogP contribution in [0.4, 0.5) is 0 Å². The van der Waals surface area contributed by atoms with Gasteiger partial charge in [-0.15, -0.1) is 12.3 Å². The number of rotatable bonds is 2. The fourth-order valence-corrected chi connectivity index (χ4v) is 2.52. The average molecular weight is 217 g/mol. The minimum Gasteiger partial charge on any atom is -0.278 e. The molecule has 0 bridgehead atoms. The Morgan fingerprint density at radius 2 is 1.88 bits per heavy atom. The Morgan fingerprint density at radius 1 is 1.38 bits per heavy atom. The maximum Gasteiger partial charge on any atom is 0.233 e. The van der Waals surface area contributed by atoms with Crippen molar-refractivity contribution in [3.05, 3.63) is 12.2 Å². The molecule has 1 fully saturated rings. The first-order chi connectivity index (χ1) is 7.66. The molecule has 2 rings (SSSR count). The number of imide groups is 1. The molecule has 3 atom stereocenters. The van der Waals surface area contributed by atoms with Gasteiger partial charge in [0.15, 0.2) is 0 Å².